The Morgan fingerprint density at radius 1 is 1.00 bits per heavy atom. The minimum Gasteiger partial charge on any atom is -0.261 e. The summed E-state index contributed by atoms with van der Waals surface area (Å²) in [5, 5.41) is 22.0. The van der Waals surface area contributed by atoms with E-state index in [0.29, 0.717) is 17.5 Å². The van der Waals surface area contributed by atoms with Crippen LogP contribution in [0.4, 0.5) is 5.69 Å². The van der Waals surface area contributed by atoms with Crippen molar-refractivity contribution in [2.75, 3.05) is 5.01 Å². The summed E-state index contributed by atoms with van der Waals surface area (Å²) in [6.45, 7) is 1.90. The number of nitriles is 1. The van der Waals surface area contributed by atoms with Crippen LogP contribution in [-0.4, -0.2) is 21.5 Å². The Kier molecular flexibility index (Phi) is 4.92. The van der Waals surface area contributed by atoms with Crippen LogP contribution >= 0.6 is 15.9 Å². The Hall–Kier alpha value is -2.91. The van der Waals surface area contributed by atoms with Crippen LogP contribution in [0.15, 0.2) is 64.2 Å². The number of nitrogens with zero attached hydrogens (tertiary/aromatic N) is 5. The highest BCUT2D eigenvalue weighted by Gasteiger charge is 2.42. The number of rotatable bonds is 3. The van der Waals surface area contributed by atoms with Crippen LogP contribution < -0.4 is 5.01 Å². The average Bonchev–Trinajstić information content (AvgIpc) is 3.32. The molecule has 2 heterocycles. The first kappa shape index (κ1) is 19.1. The monoisotopic (exact) mass is 459 g/mol. The topological polar surface area (TPSA) is 57.2 Å². The van der Waals surface area contributed by atoms with E-state index in [-0.39, 0.29) is 0 Å². The summed E-state index contributed by atoms with van der Waals surface area (Å²) in [4.78, 5) is 0. The molecule has 0 bridgehead atoms. The normalized spacial score (nSPS) is 20.6. The molecular weight excluding hydrogens is 438 g/mol. The van der Waals surface area contributed by atoms with Gasteiger partial charge in [-0.1, -0.05) is 47.0 Å². The molecule has 2 aliphatic rings. The molecule has 0 saturated heterocycles. The number of para-hydroxylation sites is 1. The van der Waals surface area contributed by atoms with E-state index in [1.807, 2.05) is 41.9 Å². The van der Waals surface area contributed by atoms with Crippen molar-refractivity contribution in [3.63, 3.8) is 0 Å². The van der Waals surface area contributed by atoms with E-state index in [1.54, 1.807) is 0 Å². The van der Waals surface area contributed by atoms with E-state index in [4.69, 9.17) is 10.2 Å². The minimum absolute atomic E-state index is 0.299. The molecule has 2 aromatic carbocycles. The average molecular weight is 460 g/mol. The molecule has 0 unspecified atom stereocenters. The third-order valence-corrected chi connectivity index (χ3v) is 6.65. The fourth-order valence-corrected chi connectivity index (χ4v) is 4.97. The van der Waals surface area contributed by atoms with Gasteiger partial charge < -0.3 is 0 Å². The second-order valence-electron chi connectivity index (χ2n) is 7.93. The molecular formula is C24H22BrN5. The van der Waals surface area contributed by atoms with Crippen LogP contribution in [0.25, 0.3) is 5.69 Å². The maximum atomic E-state index is 9.95. The molecule has 30 heavy (non-hydrogen) atoms. The fourth-order valence-electron chi connectivity index (χ4n) is 4.71. The number of hydrogen-bond acceptors (Lipinski definition) is 4. The van der Waals surface area contributed by atoms with Gasteiger partial charge in [-0.25, -0.2) is 4.68 Å². The van der Waals surface area contributed by atoms with Crippen molar-refractivity contribution in [1.82, 2.24) is 9.78 Å². The molecule has 1 aromatic heterocycles. The van der Waals surface area contributed by atoms with Crippen LogP contribution in [0.3, 0.4) is 0 Å². The van der Waals surface area contributed by atoms with Crippen molar-refractivity contribution in [2.45, 2.75) is 38.6 Å². The lowest BCUT2D eigenvalue weighted by molar-refractivity contribution is 0.383. The standard InChI is InChI=1S/C24H22BrN5/c1-16-21(15-26)24(30(27-16)18-7-3-2-4-8-18)23-20-9-5-6-10-22(20)29(28-23)19-13-11-17(25)12-14-19/h2-4,7-8,11-14,20,22H,5-6,9-10H2,1H3/t20-,22+/m0/s1. The Bertz CT molecular complexity index is 1140. The fraction of sp³-hybridized carbons (Fsp3) is 0.292. The first-order valence-corrected chi connectivity index (χ1v) is 11.2. The van der Waals surface area contributed by atoms with Gasteiger partial charge in [0.15, 0.2) is 0 Å². The molecule has 5 nitrogen and oxygen atoms in total. The summed E-state index contributed by atoms with van der Waals surface area (Å²) in [6.07, 6.45) is 4.59. The third kappa shape index (κ3) is 3.14. The molecule has 3 aromatic rings. The van der Waals surface area contributed by atoms with Gasteiger partial charge in [0.05, 0.1) is 28.8 Å². The first-order valence-electron chi connectivity index (χ1n) is 10.4. The SMILES string of the molecule is Cc1nn(-c2ccccc2)c(C2=NN(c3ccc(Br)cc3)[C@@H]3CCCC[C@H]23)c1C#N. The lowest BCUT2D eigenvalue weighted by atomic mass is 9.80. The Morgan fingerprint density at radius 2 is 1.73 bits per heavy atom. The molecule has 6 heteroatoms. The number of halogens is 1. The van der Waals surface area contributed by atoms with Crippen LogP contribution in [0.2, 0.25) is 0 Å². The summed E-state index contributed by atoms with van der Waals surface area (Å²) in [6, 6.07) is 21.1. The smallest absolute Gasteiger partial charge is 0.109 e. The quantitative estimate of drug-likeness (QED) is 0.512. The maximum Gasteiger partial charge on any atom is 0.109 e. The largest absolute Gasteiger partial charge is 0.261 e. The van der Waals surface area contributed by atoms with Crippen molar-refractivity contribution >= 4 is 27.3 Å². The van der Waals surface area contributed by atoms with E-state index in [9.17, 15) is 5.26 Å². The van der Waals surface area contributed by atoms with Crippen molar-refractivity contribution in [1.29, 1.82) is 5.26 Å². The number of anilines is 1. The van der Waals surface area contributed by atoms with Crippen molar-refractivity contribution < 1.29 is 0 Å². The van der Waals surface area contributed by atoms with E-state index in [0.717, 1.165) is 45.8 Å². The number of aryl methyl sites for hydroxylation is 1. The van der Waals surface area contributed by atoms with Crippen LogP contribution in [0.1, 0.15) is 42.6 Å². The lowest BCUT2D eigenvalue weighted by Crippen LogP contribution is -2.36. The molecule has 150 valence electrons. The minimum atomic E-state index is 0.299. The summed E-state index contributed by atoms with van der Waals surface area (Å²) in [5.41, 5.74) is 5.25. The van der Waals surface area contributed by atoms with Crippen molar-refractivity contribution in [2.24, 2.45) is 11.0 Å². The molecule has 5 rings (SSSR count). The Balaban J connectivity index is 1.68. The van der Waals surface area contributed by atoms with Gasteiger partial charge in [0.25, 0.3) is 0 Å². The molecule has 1 aliphatic heterocycles. The zero-order valence-corrected chi connectivity index (χ0v) is 18.4. The highest BCUT2D eigenvalue weighted by Crippen LogP contribution is 2.40. The predicted molar refractivity (Wildman–Crippen MR) is 122 cm³/mol. The maximum absolute atomic E-state index is 9.95. The van der Waals surface area contributed by atoms with Crippen molar-refractivity contribution in [3.8, 4) is 11.8 Å². The zero-order chi connectivity index (χ0) is 20.7. The van der Waals surface area contributed by atoms with Crippen molar-refractivity contribution in [3.05, 3.63) is 76.0 Å². The summed E-state index contributed by atoms with van der Waals surface area (Å²) >= 11 is 3.53. The summed E-state index contributed by atoms with van der Waals surface area (Å²) in [7, 11) is 0. The number of fused-ring (bicyclic) bond motifs is 1. The Morgan fingerprint density at radius 3 is 2.47 bits per heavy atom. The molecule has 0 amide bonds. The molecule has 1 fully saturated rings. The van der Waals surface area contributed by atoms with E-state index < -0.39 is 0 Å². The van der Waals surface area contributed by atoms with Gasteiger partial charge >= 0.3 is 0 Å². The van der Waals surface area contributed by atoms with Gasteiger partial charge in [-0.2, -0.15) is 15.5 Å². The predicted octanol–water partition coefficient (Wildman–Crippen LogP) is 5.60. The second-order valence-corrected chi connectivity index (χ2v) is 8.85. The van der Waals surface area contributed by atoms with Crippen LogP contribution in [0, 0.1) is 24.2 Å². The van der Waals surface area contributed by atoms with Crippen LogP contribution in [0.5, 0.6) is 0 Å². The van der Waals surface area contributed by atoms with Gasteiger partial charge in [0.1, 0.15) is 17.3 Å². The zero-order valence-electron chi connectivity index (χ0n) is 16.8. The summed E-state index contributed by atoms with van der Waals surface area (Å²) in [5.74, 6) is 0.299. The molecule has 2 atom stereocenters. The highest BCUT2D eigenvalue weighted by atomic mass is 79.9. The lowest BCUT2D eigenvalue weighted by Gasteiger charge is -2.31. The highest BCUT2D eigenvalue weighted by molar-refractivity contribution is 9.10. The van der Waals surface area contributed by atoms with Gasteiger partial charge in [0, 0.05) is 10.4 Å². The van der Waals surface area contributed by atoms with Gasteiger partial charge in [-0.15, -0.1) is 0 Å². The first-order chi connectivity index (χ1) is 14.7. The molecule has 0 N–H and O–H groups in total. The summed E-state index contributed by atoms with van der Waals surface area (Å²) < 4.78 is 2.96. The molecule has 1 aliphatic carbocycles. The second kappa shape index (κ2) is 7.73. The van der Waals surface area contributed by atoms with E-state index in [1.165, 1.54) is 12.8 Å². The number of hydrogen-bond donors (Lipinski definition) is 0. The number of benzene rings is 2. The molecule has 0 spiro atoms. The molecule has 0 radical (unpaired) electrons. The van der Waals surface area contributed by atoms with E-state index in [2.05, 4.69) is 51.3 Å². The van der Waals surface area contributed by atoms with Gasteiger partial charge in [0.2, 0.25) is 0 Å². The van der Waals surface area contributed by atoms with Gasteiger partial charge in [-0.3, -0.25) is 5.01 Å². The van der Waals surface area contributed by atoms with E-state index >= 15 is 0 Å². The number of aromatic nitrogens is 2. The van der Waals surface area contributed by atoms with Gasteiger partial charge in [-0.05, 0) is 56.2 Å². The van der Waals surface area contributed by atoms with Crippen LogP contribution in [-0.2, 0) is 0 Å². The molecule has 1 saturated carbocycles. The Labute approximate surface area is 184 Å². The third-order valence-electron chi connectivity index (χ3n) is 6.12. The number of hydrazone groups is 1.